The van der Waals surface area contributed by atoms with E-state index in [4.69, 9.17) is 9.47 Å². The van der Waals surface area contributed by atoms with Gasteiger partial charge in [0, 0.05) is 0 Å². The molecular formula is C24H20N2O4S. The molecule has 0 aliphatic carbocycles. The topological polar surface area (TPSA) is 84.4 Å². The van der Waals surface area contributed by atoms with Crippen LogP contribution in [0, 0.1) is 0 Å². The minimum atomic E-state index is -1.01. The molecule has 7 heteroatoms. The summed E-state index contributed by atoms with van der Waals surface area (Å²) in [6, 6.07) is 22.5. The summed E-state index contributed by atoms with van der Waals surface area (Å²) in [7, 11) is 1.63. The molecule has 0 fully saturated rings. The predicted octanol–water partition coefficient (Wildman–Crippen LogP) is 5.37. The van der Waals surface area contributed by atoms with Crippen LogP contribution in [0.15, 0.2) is 82.9 Å². The number of imidazole rings is 1. The number of thioether (sulfide) groups is 1. The van der Waals surface area contributed by atoms with Gasteiger partial charge in [-0.3, -0.25) is 0 Å². The molecule has 0 atom stereocenters. The number of para-hydroxylation sites is 2. The molecule has 31 heavy (non-hydrogen) atoms. The van der Waals surface area contributed by atoms with Crippen molar-refractivity contribution in [1.82, 2.24) is 9.97 Å². The minimum Gasteiger partial charge on any atom is -0.497 e. The molecule has 0 unspecified atom stereocenters. The second kappa shape index (κ2) is 9.40. The fourth-order valence-electron chi connectivity index (χ4n) is 2.92. The molecule has 1 heterocycles. The third-order valence-corrected chi connectivity index (χ3v) is 5.43. The quantitative estimate of drug-likeness (QED) is 0.288. The molecule has 3 aromatic carbocycles. The lowest BCUT2D eigenvalue weighted by atomic mass is 10.2. The van der Waals surface area contributed by atoms with Gasteiger partial charge in [-0.05, 0) is 65.4 Å². The normalized spacial score (nSPS) is 11.5. The Morgan fingerprint density at radius 1 is 1.03 bits per heavy atom. The first-order chi connectivity index (χ1) is 15.1. The number of nitrogens with zero attached hydrogens (tertiary/aromatic N) is 1. The third-order valence-electron chi connectivity index (χ3n) is 4.53. The molecule has 2 N–H and O–H groups in total. The average molecular weight is 433 g/mol. The van der Waals surface area contributed by atoms with Crippen LogP contribution in [0.25, 0.3) is 17.1 Å². The van der Waals surface area contributed by atoms with Gasteiger partial charge in [0.2, 0.25) is 0 Å². The van der Waals surface area contributed by atoms with E-state index in [0.29, 0.717) is 17.5 Å². The SMILES string of the molecule is COc1ccc(COc2ccc(/C=C(\Sc3nc4ccccc4[nH]3)C(=O)O)cc2)cc1. The summed E-state index contributed by atoms with van der Waals surface area (Å²) < 4.78 is 11.0. The van der Waals surface area contributed by atoms with Gasteiger partial charge in [-0.1, -0.05) is 36.4 Å². The van der Waals surface area contributed by atoms with Crippen LogP contribution in [-0.4, -0.2) is 28.2 Å². The van der Waals surface area contributed by atoms with Crippen molar-refractivity contribution in [3.05, 3.63) is 88.8 Å². The predicted molar refractivity (Wildman–Crippen MR) is 121 cm³/mol. The molecule has 0 saturated carbocycles. The molecular weight excluding hydrogens is 412 g/mol. The Labute approximate surface area is 183 Å². The molecule has 0 spiro atoms. The van der Waals surface area contributed by atoms with Crippen LogP contribution in [0.5, 0.6) is 11.5 Å². The van der Waals surface area contributed by atoms with E-state index in [1.165, 1.54) is 0 Å². The number of aromatic amines is 1. The van der Waals surface area contributed by atoms with E-state index in [9.17, 15) is 9.90 Å². The van der Waals surface area contributed by atoms with Crippen LogP contribution >= 0.6 is 11.8 Å². The highest BCUT2D eigenvalue weighted by Crippen LogP contribution is 2.28. The van der Waals surface area contributed by atoms with Gasteiger partial charge in [0.25, 0.3) is 0 Å². The summed E-state index contributed by atoms with van der Waals surface area (Å²) >= 11 is 1.09. The van der Waals surface area contributed by atoms with Crippen molar-refractivity contribution in [3.63, 3.8) is 0 Å². The standard InChI is InChI=1S/C24H20N2O4S/c1-29-18-10-8-17(9-11-18)15-30-19-12-6-16(7-13-19)14-22(23(27)28)31-24-25-20-4-2-3-5-21(20)26-24/h2-14H,15H2,1H3,(H,25,26)(H,27,28)/b22-14-. The lowest BCUT2D eigenvalue weighted by Crippen LogP contribution is -1.97. The highest BCUT2D eigenvalue weighted by atomic mass is 32.2. The zero-order chi connectivity index (χ0) is 21.6. The highest BCUT2D eigenvalue weighted by molar-refractivity contribution is 8.04. The Kier molecular flexibility index (Phi) is 6.24. The molecule has 0 saturated heterocycles. The Bertz CT molecular complexity index is 1180. The summed E-state index contributed by atoms with van der Waals surface area (Å²) in [5.74, 6) is 0.495. The number of carboxylic acid groups (broad SMARTS) is 1. The zero-order valence-electron chi connectivity index (χ0n) is 16.7. The number of carbonyl (C=O) groups is 1. The van der Waals surface area contributed by atoms with Crippen LogP contribution in [0.3, 0.4) is 0 Å². The van der Waals surface area contributed by atoms with E-state index in [0.717, 1.165) is 39.7 Å². The largest absolute Gasteiger partial charge is 0.497 e. The van der Waals surface area contributed by atoms with Crippen molar-refractivity contribution >= 4 is 34.8 Å². The fraction of sp³-hybridized carbons (Fsp3) is 0.0833. The van der Waals surface area contributed by atoms with Gasteiger partial charge in [0.1, 0.15) is 23.0 Å². The zero-order valence-corrected chi connectivity index (χ0v) is 17.6. The number of benzene rings is 3. The van der Waals surface area contributed by atoms with Gasteiger partial charge in [-0.2, -0.15) is 0 Å². The molecule has 6 nitrogen and oxygen atoms in total. The summed E-state index contributed by atoms with van der Waals surface area (Å²) in [5.41, 5.74) is 3.46. The number of H-pyrrole nitrogens is 1. The first-order valence-corrected chi connectivity index (χ1v) is 10.4. The van der Waals surface area contributed by atoms with Crippen molar-refractivity contribution in [1.29, 1.82) is 0 Å². The van der Waals surface area contributed by atoms with Gasteiger partial charge in [-0.25, -0.2) is 9.78 Å². The molecule has 0 radical (unpaired) electrons. The smallest absolute Gasteiger partial charge is 0.342 e. The van der Waals surface area contributed by atoms with E-state index < -0.39 is 5.97 Å². The molecule has 156 valence electrons. The van der Waals surface area contributed by atoms with Gasteiger partial charge in [-0.15, -0.1) is 0 Å². The van der Waals surface area contributed by atoms with Crippen LogP contribution < -0.4 is 9.47 Å². The van der Waals surface area contributed by atoms with Gasteiger partial charge in [0.05, 0.1) is 18.1 Å². The monoisotopic (exact) mass is 432 g/mol. The number of methoxy groups -OCH3 is 1. The number of rotatable bonds is 8. The second-order valence-electron chi connectivity index (χ2n) is 6.68. The number of nitrogens with one attached hydrogen (secondary N) is 1. The number of carboxylic acids is 1. The summed E-state index contributed by atoms with van der Waals surface area (Å²) in [6.45, 7) is 0.432. The first kappa shape index (κ1) is 20.6. The first-order valence-electron chi connectivity index (χ1n) is 9.54. The third kappa shape index (κ3) is 5.26. The Morgan fingerprint density at radius 3 is 2.42 bits per heavy atom. The number of hydrogen-bond acceptors (Lipinski definition) is 5. The summed E-state index contributed by atoms with van der Waals surface area (Å²) in [6.07, 6.45) is 1.62. The number of fused-ring (bicyclic) bond motifs is 1. The van der Waals surface area contributed by atoms with Gasteiger partial charge >= 0.3 is 5.97 Å². The molecule has 4 rings (SSSR count). The summed E-state index contributed by atoms with van der Waals surface area (Å²) in [5, 5.41) is 10.1. The van der Waals surface area contributed by atoms with Gasteiger partial charge in [0.15, 0.2) is 5.16 Å². The molecule has 4 aromatic rings. The maximum absolute atomic E-state index is 11.7. The average Bonchev–Trinajstić information content (AvgIpc) is 3.21. The van der Waals surface area contributed by atoms with E-state index in [2.05, 4.69) is 9.97 Å². The summed E-state index contributed by atoms with van der Waals surface area (Å²) in [4.78, 5) is 19.5. The molecule has 0 aliphatic rings. The van der Waals surface area contributed by atoms with Crippen molar-refractivity contribution in [2.24, 2.45) is 0 Å². The number of aliphatic carboxylic acids is 1. The van der Waals surface area contributed by atoms with Crippen molar-refractivity contribution in [3.8, 4) is 11.5 Å². The van der Waals surface area contributed by atoms with Crippen molar-refractivity contribution < 1.29 is 19.4 Å². The van der Waals surface area contributed by atoms with Crippen LogP contribution in [0.4, 0.5) is 0 Å². The van der Waals surface area contributed by atoms with E-state index >= 15 is 0 Å². The van der Waals surface area contributed by atoms with E-state index in [-0.39, 0.29) is 4.91 Å². The van der Waals surface area contributed by atoms with Crippen LogP contribution in [0.1, 0.15) is 11.1 Å². The Balaban J connectivity index is 1.43. The van der Waals surface area contributed by atoms with Gasteiger partial charge < -0.3 is 19.6 Å². The van der Waals surface area contributed by atoms with Crippen LogP contribution in [0.2, 0.25) is 0 Å². The minimum absolute atomic E-state index is 0.172. The molecule has 0 bridgehead atoms. The Hall–Kier alpha value is -3.71. The number of aromatic nitrogens is 2. The molecule has 0 amide bonds. The van der Waals surface area contributed by atoms with Crippen molar-refractivity contribution in [2.45, 2.75) is 11.8 Å². The second-order valence-corrected chi connectivity index (χ2v) is 7.71. The maximum Gasteiger partial charge on any atom is 0.342 e. The fourth-order valence-corrected chi connectivity index (χ4v) is 3.71. The van der Waals surface area contributed by atoms with Crippen molar-refractivity contribution in [2.75, 3.05) is 7.11 Å². The van der Waals surface area contributed by atoms with E-state index in [1.807, 2.05) is 72.8 Å². The van der Waals surface area contributed by atoms with Crippen LogP contribution in [-0.2, 0) is 11.4 Å². The number of ether oxygens (including phenoxy) is 2. The lowest BCUT2D eigenvalue weighted by Gasteiger charge is -2.07. The van der Waals surface area contributed by atoms with E-state index in [1.54, 1.807) is 13.2 Å². The highest BCUT2D eigenvalue weighted by Gasteiger charge is 2.13. The molecule has 0 aliphatic heterocycles. The number of hydrogen-bond donors (Lipinski definition) is 2. The Morgan fingerprint density at radius 2 is 1.74 bits per heavy atom. The molecule has 1 aromatic heterocycles. The lowest BCUT2D eigenvalue weighted by molar-refractivity contribution is -0.131. The maximum atomic E-state index is 11.7.